The summed E-state index contributed by atoms with van der Waals surface area (Å²) in [5, 5.41) is 11.1. The summed E-state index contributed by atoms with van der Waals surface area (Å²) in [5.74, 6) is 0.756. The molecule has 5 nitrogen and oxygen atoms in total. The van der Waals surface area contributed by atoms with Crippen LogP contribution in [0.15, 0.2) is 33.2 Å². The Hall–Kier alpha value is -1.69. The van der Waals surface area contributed by atoms with Gasteiger partial charge in [-0.05, 0) is 37.1 Å². The number of benzene rings is 1. The number of aromatic nitrogens is 2. The first-order valence-corrected chi connectivity index (χ1v) is 8.88. The van der Waals surface area contributed by atoms with Crippen LogP contribution in [0.4, 0.5) is 0 Å². The molecule has 0 spiro atoms. The van der Waals surface area contributed by atoms with E-state index in [9.17, 15) is 4.79 Å². The first-order valence-electron chi connectivity index (χ1n) is 8.08. The van der Waals surface area contributed by atoms with Crippen LogP contribution in [0.3, 0.4) is 0 Å². The minimum atomic E-state index is -0.0390. The summed E-state index contributed by atoms with van der Waals surface area (Å²) in [6, 6.07) is 7.91. The van der Waals surface area contributed by atoms with E-state index in [0.29, 0.717) is 17.8 Å². The van der Waals surface area contributed by atoms with Crippen molar-refractivity contribution in [3.63, 3.8) is 0 Å². The molecule has 1 aromatic heterocycles. The summed E-state index contributed by atoms with van der Waals surface area (Å²) in [6.07, 6.45) is 7.21. The first-order chi connectivity index (χ1) is 11.2. The summed E-state index contributed by atoms with van der Waals surface area (Å²) in [5.41, 5.74) is 0.844. The zero-order valence-corrected chi connectivity index (χ0v) is 14.5. The number of amides is 1. The molecule has 2 aromatic rings. The number of rotatable bonds is 4. The molecule has 1 amide bonds. The third-order valence-electron chi connectivity index (χ3n) is 4.09. The molecule has 3 rings (SSSR count). The Kier molecular flexibility index (Phi) is 5.43. The van der Waals surface area contributed by atoms with Gasteiger partial charge in [0.2, 0.25) is 17.7 Å². The lowest BCUT2D eigenvalue weighted by atomic mass is 10.1. The molecule has 1 heterocycles. The van der Waals surface area contributed by atoms with Crippen LogP contribution < -0.4 is 5.32 Å². The number of hydrogen-bond donors (Lipinski definition) is 1. The lowest BCUT2D eigenvalue weighted by Crippen LogP contribution is -2.35. The Morgan fingerprint density at radius 1 is 1.13 bits per heavy atom. The van der Waals surface area contributed by atoms with Gasteiger partial charge in [-0.25, -0.2) is 0 Å². The van der Waals surface area contributed by atoms with E-state index >= 15 is 0 Å². The molecule has 1 aliphatic rings. The molecule has 1 fully saturated rings. The van der Waals surface area contributed by atoms with Gasteiger partial charge >= 0.3 is 0 Å². The topological polar surface area (TPSA) is 68.0 Å². The standard InChI is InChI=1S/C17H20BrN3O2/c18-13-9-7-12(8-10-13)17-21-20-16(23-17)11-15(22)19-14-5-3-1-2-4-6-14/h7-10,14H,1-6,11H2,(H,19,22). The summed E-state index contributed by atoms with van der Waals surface area (Å²) in [7, 11) is 0. The summed E-state index contributed by atoms with van der Waals surface area (Å²) < 4.78 is 6.59. The molecule has 0 atom stereocenters. The van der Waals surface area contributed by atoms with E-state index in [-0.39, 0.29) is 12.3 Å². The van der Waals surface area contributed by atoms with Crippen molar-refractivity contribution in [3.05, 3.63) is 34.6 Å². The molecule has 0 bridgehead atoms. The van der Waals surface area contributed by atoms with Crippen molar-refractivity contribution < 1.29 is 9.21 Å². The number of carbonyl (C=O) groups is 1. The van der Waals surface area contributed by atoms with E-state index in [0.717, 1.165) is 22.9 Å². The lowest BCUT2D eigenvalue weighted by Gasteiger charge is -2.15. The van der Waals surface area contributed by atoms with E-state index in [1.54, 1.807) is 0 Å². The molecule has 6 heteroatoms. The van der Waals surface area contributed by atoms with Crippen LogP contribution in [0.2, 0.25) is 0 Å². The van der Waals surface area contributed by atoms with Crippen molar-refractivity contribution in [3.8, 4) is 11.5 Å². The third-order valence-corrected chi connectivity index (χ3v) is 4.62. The smallest absolute Gasteiger partial charge is 0.247 e. The van der Waals surface area contributed by atoms with E-state index < -0.39 is 0 Å². The predicted octanol–water partition coefficient (Wildman–Crippen LogP) is 3.88. The van der Waals surface area contributed by atoms with Crippen molar-refractivity contribution in [1.82, 2.24) is 15.5 Å². The number of halogens is 1. The molecule has 1 saturated carbocycles. The van der Waals surface area contributed by atoms with Gasteiger partial charge in [0.1, 0.15) is 6.42 Å². The average Bonchev–Trinajstić information content (AvgIpc) is 2.84. The fourth-order valence-electron chi connectivity index (χ4n) is 2.87. The van der Waals surface area contributed by atoms with E-state index in [4.69, 9.17) is 4.42 Å². The van der Waals surface area contributed by atoms with Crippen LogP contribution in [0.1, 0.15) is 44.4 Å². The molecule has 122 valence electrons. The molecule has 0 aliphatic heterocycles. The minimum absolute atomic E-state index is 0.0390. The number of nitrogens with zero attached hydrogens (tertiary/aromatic N) is 2. The van der Waals surface area contributed by atoms with Gasteiger partial charge in [0.15, 0.2) is 0 Å². The number of carbonyl (C=O) groups excluding carboxylic acids is 1. The molecular formula is C17H20BrN3O2. The normalized spacial score (nSPS) is 16.0. The van der Waals surface area contributed by atoms with E-state index in [1.165, 1.54) is 25.7 Å². The highest BCUT2D eigenvalue weighted by atomic mass is 79.9. The Morgan fingerprint density at radius 3 is 2.52 bits per heavy atom. The molecule has 0 unspecified atom stereocenters. The van der Waals surface area contributed by atoms with Crippen molar-refractivity contribution in [2.75, 3.05) is 0 Å². The molecular weight excluding hydrogens is 358 g/mol. The second-order valence-corrected chi connectivity index (χ2v) is 6.86. The average molecular weight is 378 g/mol. The van der Waals surface area contributed by atoms with Gasteiger partial charge < -0.3 is 9.73 Å². The van der Waals surface area contributed by atoms with Crippen molar-refractivity contribution in [2.45, 2.75) is 51.0 Å². The van der Waals surface area contributed by atoms with Gasteiger partial charge in [-0.1, -0.05) is 41.6 Å². The van der Waals surface area contributed by atoms with Gasteiger partial charge in [-0.2, -0.15) is 0 Å². The molecule has 0 saturated heterocycles. The zero-order valence-electron chi connectivity index (χ0n) is 12.9. The fraction of sp³-hybridized carbons (Fsp3) is 0.471. The quantitative estimate of drug-likeness (QED) is 0.820. The molecule has 23 heavy (non-hydrogen) atoms. The second kappa shape index (κ2) is 7.73. The van der Waals surface area contributed by atoms with Crippen LogP contribution in [-0.2, 0) is 11.2 Å². The summed E-state index contributed by atoms with van der Waals surface area (Å²) >= 11 is 3.39. The fourth-order valence-corrected chi connectivity index (χ4v) is 3.14. The van der Waals surface area contributed by atoms with E-state index in [1.807, 2.05) is 24.3 Å². The monoisotopic (exact) mass is 377 g/mol. The van der Waals surface area contributed by atoms with Crippen LogP contribution in [-0.4, -0.2) is 22.1 Å². The van der Waals surface area contributed by atoms with E-state index in [2.05, 4.69) is 31.4 Å². The van der Waals surface area contributed by atoms with Crippen LogP contribution >= 0.6 is 15.9 Å². The predicted molar refractivity (Wildman–Crippen MR) is 90.8 cm³/mol. The Morgan fingerprint density at radius 2 is 1.83 bits per heavy atom. The Balaban J connectivity index is 1.57. The maximum atomic E-state index is 12.1. The van der Waals surface area contributed by atoms with Crippen molar-refractivity contribution in [2.24, 2.45) is 0 Å². The summed E-state index contributed by atoms with van der Waals surface area (Å²) in [4.78, 5) is 12.1. The van der Waals surface area contributed by atoms with Gasteiger partial charge in [0.25, 0.3) is 0 Å². The maximum Gasteiger partial charge on any atom is 0.247 e. The van der Waals surface area contributed by atoms with Crippen molar-refractivity contribution in [1.29, 1.82) is 0 Å². The lowest BCUT2D eigenvalue weighted by molar-refractivity contribution is -0.121. The molecule has 1 N–H and O–H groups in total. The van der Waals surface area contributed by atoms with Crippen molar-refractivity contribution >= 4 is 21.8 Å². The molecule has 0 radical (unpaired) electrons. The van der Waals surface area contributed by atoms with Gasteiger partial charge in [-0.15, -0.1) is 10.2 Å². The SMILES string of the molecule is O=C(Cc1nnc(-c2ccc(Br)cc2)o1)NC1CCCCCC1. The second-order valence-electron chi connectivity index (χ2n) is 5.94. The third kappa shape index (κ3) is 4.64. The van der Waals surface area contributed by atoms with Gasteiger partial charge in [0, 0.05) is 16.1 Å². The molecule has 1 aromatic carbocycles. The molecule has 1 aliphatic carbocycles. The highest BCUT2D eigenvalue weighted by Gasteiger charge is 2.17. The van der Waals surface area contributed by atoms with Gasteiger partial charge in [0.05, 0.1) is 0 Å². The largest absolute Gasteiger partial charge is 0.420 e. The van der Waals surface area contributed by atoms with Crippen LogP contribution in [0, 0.1) is 0 Å². The Bertz CT molecular complexity index is 646. The minimum Gasteiger partial charge on any atom is -0.420 e. The maximum absolute atomic E-state index is 12.1. The number of hydrogen-bond acceptors (Lipinski definition) is 4. The highest BCUT2D eigenvalue weighted by molar-refractivity contribution is 9.10. The Labute approximate surface area is 144 Å². The highest BCUT2D eigenvalue weighted by Crippen LogP contribution is 2.21. The first kappa shape index (κ1) is 16.2. The number of nitrogens with one attached hydrogen (secondary N) is 1. The van der Waals surface area contributed by atoms with Crippen LogP contribution in [0.5, 0.6) is 0 Å². The van der Waals surface area contributed by atoms with Gasteiger partial charge in [-0.3, -0.25) is 4.79 Å². The van der Waals surface area contributed by atoms with Crippen LogP contribution in [0.25, 0.3) is 11.5 Å². The summed E-state index contributed by atoms with van der Waals surface area (Å²) in [6.45, 7) is 0. The zero-order chi connectivity index (χ0) is 16.1.